The van der Waals surface area contributed by atoms with Crippen LogP contribution >= 0.6 is 0 Å². The van der Waals surface area contributed by atoms with Gasteiger partial charge in [-0.05, 0) is 60.7 Å². The van der Waals surface area contributed by atoms with Gasteiger partial charge in [-0.25, -0.2) is 9.18 Å². The number of aliphatic carboxylic acids is 1. The van der Waals surface area contributed by atoms with E-state index in [4.69, 9.17) is 14.6 Å². The number of carbonyl (C=O) groups is 1. The van der Waals surface area contributed by atoms with Gasteiger partial charge in [0, 0.05) is 5.56 Å². The van der Waals surface area contributed by atoms with Crippen molar-refractivity contribution in [1.29, 1.82) is 0 Å². The van der Waals surface area contributed by atoms with Gasteiger partial charge in [0.15, 0.2) is 0 Å². The third-order valence-corrected chi connectivity index (χ3v) is 4.45. The van der Waals surface area contributed by atoms with Gasteiger partial charge in [0.2, 0.25) is 0 Å². The zero-order chi connectivity index (χ0) is 21.0. The highest BCUT2D eigenvalue weighted by Gasteiger charge is 2.31. The summed E-state index contributed by atoms with van der Waals surface area (Å²) in [4.78, 5) is 10.6. The van der Waals surface area contributed by atoms with Gasteiger partial charge in [-0.15, -0.1) is 13.2 Å². The monoisotopic (exact) mass is 414 g/mol. The number of benzene rings is 2. The molecule has 0 spiro atoms. The Hall–Kier alpha value is -2.81. The van der Waals surface area contributed by atoms with Crippen LogP contribution in [0.3, 0.4) is 0 Å². The van der Waals surface area contributed by atoms with Gasteiger partial charge in [-0.2, -0.15) is 0 Å². The molecule has 0 radical (unpaired) electrons. The predicted molar refractivity (Wildman–Crippen MR) is 93.3 cm³/mol. The van der Waals surface area contributed by atoms with Crippen molar-refractivity contribution >= 4 is 5.97 Å². The smallest absolute Gasteiger partial charge is 0.489 e. The summed E-state index contributed by atoms with van der Waals surface area (Å²) >= 11 is 0. The molecule has 0 bridgehead atoms. The Morgan fingerprint density at radius 1 is 1.10 bits per heavy atom. The highest BCUT2D eigenvalue weighted by molar-refractivity contribution is 5.68. The van der Waals surface area contributed by atoms with Gasteiger partial charge >= 0.3 is 12.3 Å². The lowest BCUT2D eigenvalue weighted by Gasteiger charge is -2.24. The molecule has 1 atom stereocenters. The van der Waals surface area contributed by atoms with Crippen molar-refractivity contribution in [1.82, 2.24) is 0 Å². The van der Waals surface area contributed by atoms with Crippen molar-refractivity contribution in [2.45, 2.75) is 38.3 Å². The van der Waals surface area contributed by atoms with Crippen LogP contribution in [0.5, 0.6) is 11.5 Å². The minimum atomic E-state index is -4.86. The number of hydrogen-bond donors (Lipinski definition) is 1. The molecular weight excluding hydrogens is 396 g/mol. The van der Waals surface area contributed by atoms with Gasteiger partial charge < -0.3 is 19.3 Å². The van der Waals surface area contributed by atoms with Gasteiger partial charge in [0.25, 0.3) is 0 Å². The largest absolute Gasteiger partial charge is 0.573 e. The van der Waals surface area contributed by atoms with Crippen LogP contribution in [0.2, 0.25) is 0 Å². The molecule has 9 heteroatoms. The maximum Gasteiger partial charge on any atom is 0.573 e. The number of alkyl halides is 3. The molecule has 29 heavy (non-hydrogen) atoms. The second-order valence-corrected chi connectivity index (χ2v) is 6.59. The molecule has 2 aromatic rings. The quantitative estimate of drug-likeness (QED) is 0.686. The first kappa shape index (κ1) is 20.9. The maximum atomic E-state index is 13.9. The van der Waals surface area contributed by atoms with E-state index in [9.17, 15) is 22.4 Å². The molecule has 0 heterocycles. The Labute approximate surface area is 163 Å². The van der Waals surface area contributed by atoms with Crippen molar-refractivity contribution in [3.05, 3.63) is 58.9 Å². The van der Waals surface area contributed by atoms with E-state index in [0.717, 1.165) is 29.3 Å². The lowest BCUT2D eigenvalue weighted by atomic mass is 9.89. The molecule has 3 rings (SSSR count). The van der Waals surface area contributed by atoms with Crippen LogP contribution < -0.4 is 9.47 Å². The van der Waals surface area contributed by atoms with E-state index in [0.29, 0.717) is 25.0 Å². The van der Waals surface area contributed by atoms with Crippen LogP contribution in [0, 0.1) is 5.82 Å². The van der Waals surface area contributed by atoms with E-state index in [1.165, 1.54) is 0 Å². The molecule has 1 N–H and O–H groups in total. The topological polar surface area (TPSA) is 65.0 Å². The number of aryl methyl sites for hydroxylation is 1. The highest BCUT2D eigenvalue weighted by atomic mass is 19.4. The summed E-state index contributed by atoms with van der Waals surface area (Å²) in [7, 11) is 0. The fourth-order valence-corrected chi connectivity index (χ4v) is 3.14. The molecule has 5 nitrogen and oxygen atoms in total. The van der Waals surface area contributed by atoms with Gasteiger partial charge in [-0.1, -0.05) is 6.07 Å². The van der Waals surface area contributed by atoms with E-state index in [1.807, 2.05) is 6.07 Å². The van der Waals surface area contributed by atoms with E-state index < -0.39 is 23.9 Å². The number of hydrogen-bond acceptors (Lipinski definition) is 4. The van der Waals surface area contributed by atoms with Crippen LogP contribution in [-0.2, 0) is 29.0 Å². The van der Waals surface area contributed by atoms with Gasteiger partial charge in [0.1, 0.15) is 30.5 Å². The summed E-state index contributed by atoms with van der Waals surface area (Å²) in [6.45, 7) is -0.603. The average molecular weight is 414 g/mol. The number of fused-ring (bicyclic) bond motifs is 1. The molecule has 1 aliphatic rings. The molecule has 0 aliphatic heterocycles. The number of ether oxygens (including phenoxy) is 3. The molecule has 0 saturated carbocycles. The Kier molecular flexibility index (Phi) is 6.26. The molecule has 1 aliphatic carbocycles. The molecule has 0 fully saturated rings. The summed E-state index contributed by atoms with van der Waals surface area (Å²) in [6, 6.07) is 8.02. The van der Waals surface area contributed by atoms with E-state index in [-0.39, 0.29) is 24.9 Å². The Balaban J connectivity index is 1.62. The van der Waals surface area contributed by atoms with Crippen molar-refractivity contribution in [2.24, 2.45) is 0 Å². The van der Waals surface area contributed by atoms with Crippen molar-refractivity contribution in [3.63, 3.8) is 0 Å². The zero-order valence-electron chi connectivity index (χ0n) is 15.2. The Morgan fingerprint density at radius 2 is 1.86 bits per heavy atom. The lowest BCUT2D eigenvalue weighted by Crippen LogP contribution is -2.25. The zero-order valence-corrected chi connectivity index (χ0v) is 15.2. The predicted octanol–water partition coefficient (Wildman–Crippen LogP) is 4.26. The maximum absolute atomic E-state index is 13.9. The van der Waals surface area contributed by atoms with Crippen molar-refractivity contribution in [2.75, 3.05) is 6.61 Å². The van der Waals surface area contributed by atoms with Crippen LogP contribution in [0.25, 0.3) is 0 Å². The minimum Gasteiger partial charge on any atom is -0.489 e. The SMILES string of the molecule is O=C(O)COC1CCc2cc(OCc3cc(OC(F)(F)F)ccc3F)ccc2C1. The van der Waals surface area contributed by atoms with Crippen LogP contribution in [0.15, 0.2) is 36.4 Å². The van der Waals surface area contributed by atoms with Crippen LogP contribution in [0.1, 0.15) is 23.1 Å². The molecule has 0 saturated heterocycles. The third kappa shape index (κ3) is 6.08. The Morgan fingerprint density at radius 3 is 2.59 bits per heavy atom. The summed E-state index contributed by atoms with van der Waals surface area (Å²) < 4.78 is 65.5. The fourth-order valence-electron chi connectivity index (χ4n) is 3.14. The second kappa shape index (κ2) is 8.69. The molecule has 1 unspecified atom stereocenters. The van der Waals surface area contributed by atoms with Crippen molar-refractivity contribution in [3.8, 4) is 11.5 Å². The summed E-state index contributed by atoms with van der Waals surface area (Å²) in [5.41, 5.74) is 1.95. The molecular formula is C20H18F4O5. The third-order valence-electron chi connectivity index (χ3n) is 4.45. The first-order valence-corrected chi connectivity index (χ1v) is 8.82. The standard InChI is InChI=1S/C20H18F4O5/c21-18-6-5-17(29-20(22,23)24)9-14(18)10-27-15-3-1-13-8-16(28-11-19(25)26)4-2-12(13)7-15/h1,3,5-7,9,16H,2,4,8,10-11H2,(H,25,26). The molecule has 156 valence electrons. The fraction of sp³-hybridized carbons (Fsp3) is 0.350. The first-order valence-electron chi connectivity index (χ1n) is 8.82. The van der Waals surface area contributed by atoms with E-state index in [2.05, 4.69) is 4.74 Å². The minimum absolute atomic E-state index is 0.0633. The first-order chi connectivity index (χ1) is 13.7. The van der Waals surface area contributed by atoms with Gasteiger partial charge in [-0.3, -0.25) is 0 Å². The van der Waals surface area contributed by atoms with E-state index >= 15 is 0 Å². The lowest BCUT2D eigenvalue weighted by molar-refractivity contribution is -0.274. The van der Waals surface area contributed by atoms with Crippen LogP contribution in [0.4, 0.5) is 17.6 Å². The highest BCUT2D eigenvalue weighted by Crippen LogP contribution is 2.29. The summed E-state index contributed by atoms with van der Waals surface area (Å²) in [5, 5.41) is 8.69. The molecule has 0 aromatic heterocycles. The van der Waals surface area contributed by atoms with Crippen LogP contribution in [-0.4, -0.2) is 30.1 Å². The molecule has 0 amide bonds. The number of carboxylic acid groups (broad SMARTS) is 1. The summed E-state index contributed by atoms with van der Waals surface area (Å²) in [6.07, 6.45) is -3.12. The van der Waals surface area contributed by atoms with Gasteiger partial charge in [0.05, 0.1) is 6.10 Å². The normalized spacial score (nSPS) is 16.2. The summed E-state index contributed by atoms with van der Waals surface area (Å²) in [5.74, 6) is -1.78. The number of halogens is 4. The van der Waals surface area contributed by atoms with E-state index in [1.54, 1.807) is 12.1 Å². The Bertz CT molecular complexity index is 882. The number of carboxylic acids is 1. The number of rotatable bonds is 7. The second-order valence-electron chi connectivity index (χ2n) is 6.59. The van der Waals surface area contributed by atoms with Crippen molar-refractivity contribution < 1.29 is 41.7 Å². The average Bonchev–Trinajstić information content (AvgIpc) is 2.65. The molecule has 2 aromatic carbocycles.